The summed E-state index contributed by atoms with van der Waals surface area (Å²) in [4.78, 5) is 22.0. The van der Waals surface area contributed by atoms with Crippen molar-refractivity contribution in [3.8, 4) is 0 Å². The van der Waals surface area contributed by atoms with Crippen molar-refractivity contribution in [1.82, 2.24) is 14.9 Å². The second-order valence-corrected chi connectivity index (χ2v) is 10.1. The van der Waals surface area contributed by atoms with Crippen LogP contribution >= 0.6 is 0 Å². The Bertz CT molecular complexity index is 859. The van der Waals surface area contributed by atoms with Gasteiger partial charge in [-0.2, -0.15) is 13.2 Å². The van der Waals surface area contributed by atoms with Gasteiger partial charge in [-0.25, -0.2) is 23.2 Å². The maximum Gasteiger partial charge on any atom is 0.490 e. The first-order chi connectivity index (χ1) is 13.2. The van der Waals surface area contributed by atoms with E-state index in [9.17, 15) is 21.6 Å². The van der Waals surface area contributed by atoms with Crippen LogP contribution in [0.1, 0.15) is 31.0 Å². The van der Waals surface area contributed by atoms with Gasteiger partial charge in [-0.3, -0.25) is 0 Å². The maximum atomic E-state index is 12.6. The molecule has 0 saturated carbocycles. The zero-order valence-corrected chi connectivity index (χ0v) is 17.5. The first-order valence-electron chi connectivity index (χ1n) is 8.99. The van der Waals surface area contributed by atoms with Crippen LogP contribution in [-0.4, -0.2) is 79.5 Å². The number of sulfone groups is 1. The molecule has 29 heavy (non-hydrogen) atoms. The van der Waals surface area contributed by atoms with E-state index in [2.05, 4.69) is 28.7 Å². The van der Waals surface area contributed by atoms with Crippen molar-refractivity contribution in [2.24, 2.45) is 5.92 Å². The van der Waals surface area contributed by atoms with E-state index in [1.165, 1.54) is 0 Å². The lowest BCUT2D eigenvalue weighted by Crippen LogP contribution is -2.35. The summed E-state index contributed by atoms with van der Waals surface area (Å²) in [5.74, 6) is -1.52. The first-order valence-corrected chi connectivity index (χ1v) is 10.7. The van der Waals surface area contributed by atoms with Crippen LogP contribution in [0.3, 0.4) is 0 Å². The number of anilines is 1. The van der Waals surface area contributed by atoms with Gasteiger partial charge < -0.3 is 14.9 Å². The third-order valence-electron chi connectivity index (χ3n) is 4.66. The Kier molecular flexibility index (Phi) is 6.78. The highest BCUT2D eigenvalue weighted by Crippen LogP contribution is 2.39. The summed E-state index contributed by atoms with van der Waals surface area (Å²) in [7, 11) is 0.692. The molecule has 8 nitrogen and oxygen atoms in total. The van der Waals surface area contributed by atoms with Crippen LogP contribution in [0.4, 0.5) is 19.1 Å². The second kappa shape index (κ2) is 8.42. The number of nitrogens with zero attached hydrogens (tertiary/aromatic N) is 4. The largest absolute Gasteiger partial charge is 0.490 e. The molecule has 0 bridgehead atoms. The molecule has 0 aromatic carbocycles. The zero-order valence-electron chi connectivity index (χ0n) is 16.6. The van der Waals surface area contributed by atoms with Crippen LogP contribution in [-0.2, 0) is 20.4 Å². The lowest BCUT2D eigenvalue weighted by atomic mass is 10.00. The Morgan fingerprint density at radius 2 is 1.93 bits per heavy atom. The summed E-state index contributed by atoms with van der Waals surface area (Å²) >= 11 is 0. The number of aliphatic carboxylic acids is 1. The number of likely N-dealkylation sites (tertiary alicyclic amines) is 1. The highest BCUT2D eigenvalue weighted by molar-refractivity contribution is 7.91. The normalized spacial score (nSPS) is 23.0. The predicted molar refractivity (Wildman–Crippen MR) is 100 cm³/mol. The molecule has 0 spiro atoms. The topological polar surface area (TPSA) is 104 Å². The van der Waals surface area contributed by atoms with Crippen molar-refractivity contribution in [2.45, 2.75) is 36.9 Å². The van der Waals surface area contributed by atoms with Gasteiger partial charge in [0.25, 0.3) is 0 Å². The van der Waals surface area contributed by atoms with E-state index in [1.54, 1.807) is 6.20 Å². The number of rotatable bonds is 3. The zero-order chi connectivity index (χ0) is 22.1. The van der Waals surface area contributed by atoms with Crippen molar-refractivity contribution in [3.05, 3.63) is 17.5 Å². The van der Waals surface area contributed by atoms with Gasteiger partial charge in [0.15, 0.2) is 9.84 Å². The molecule has 2 aliphatic rings. The Balaban J connectivity index is 0.000000370. The van der Waals surface area contributed by atoms with Gasteiger partial charge in [0.1, 0.15) is 0 Å². The third-order valence-corrected chi connectivity index (χ3v) is 6.78. The van der Waals surface area contributed by atoms with Crippen molar-refractivity contribution >= 4 is 21.8 Å². The van der Waals surface area contributed by atoms with E-state index in [-0.39, 0.29) is 16.9 Å². The summed E-state index contributed by atoms with van der Waals surface area (Å²) in [6.07, 6.45) is -3.39. The lowest BCUT2D eigenvalue weighted by molar-refractivity contribution is -0.192. The molecule has 3 heterocycles. The van der Waals surface area contributed by atoms with Crippen molar-refractivity contribution in [1.29, 1.82) is 0 Å². The fourth-order valence-electron chi connectivity index (χ4n) is 3.53. The molecule has 0 amide bonds. The number of carbonyl (C=O) groups is 1. The van der Waals surface area contributed by atoms with Crippen LogP contribution in [0, 0.1) is 5.92 Å². The van der Waals surface area contributed by atoms with Crippen LogP contribution in [0.5, 0.6) is 0 Å². The summed E-state index contributed by atoms with van der Waals surface area (Å²) in [5.41, 5.74) is 1.71. The quantitative estimate of drug-likeness (QED) is 0.758. The number of halogens is 3. The molecule has 0 unspecified atom stereocenters. The molecule has 1 aromatic rings. The van der Waals surface area contributed by atoms with Gasteiger partial charge >= 0.3 is 12.1 Å². The summed E-state index contributed by atoms with van der Waals surface area (Å²) in [6, 6.07) is 0. The van der Waals surface area contributed by atoms with Gasteiger partial charge in [-0.15, -0.1) is 0 Å². The molecular formula is C17H25F3N4O4S. The predicted octanol–water partition coefficient (Wildman–Crippen LogP) is 1.53. The van der Waals surface area contributed by atoms with E-state index in [4.69, 9.17) is 9.90 Å². The smallest absolute Gasteiger partial charge is 0.475 e. The number of aromatic nitrogens is 2. The molecule has 1 saturated heterocycles. The van der Waals surface area contributed by atoms with Gasteiger partial charge in [0.2, 0.25) is 5.95 Å². The number of hydrogen-bond acceptors (Lipinski definition) is 7. The minimum atomic E-state index is -5.08. The molecule has 1 N–H and O–H groups in total. The van der Waals surface area contributed by atoms with Crippen molar-refractivity contribution in [2.75, 3.05) is 38.6 Å². The average Bonchev–Trinajstić information content (AvgIpc) is 2.98. The summed E-state index contributed by atoms with van der Waals surface area (Å²) in [6.45, 7) is 6.67. The number of carboxylic acids is 1. The van der Waals surface area contributed by atoms with Crippen LogP contribution in [0.2, 0.25) is 0 Å². The van der Waals surface area contributed by atoms with E-state index < -0.39 is 22.0 Å². The summed E-state index contributed by atoms with van der Waals surface area (Å²) in [5, 5.41) is 6.81. The molecule has 0 radical (unpaired) electrons. The van der Waals surface area contributed by atoms with Crippen molar-refractivity contribution in [3.63, 3.8) is 0 Å². The minimum Gasteiger partial charge on any atom is -0.475 e. The van der Waals surface area contributed by atoms with Gasteiger partial charge in [-0.1, -0.05) is 13.8 Å². The van der Waals surface area contributed by atoms with Gasteiger partial charge in [0, 0.05) is 51.4 Å². The van der Waals surface area contributed by atoms with E-state index in [0.717, 1.165) is 24.3 Å². The van der Waals surface area contributed by atoms with E-state index >= 15 is 0 Å². The van der Waals surface area contributed by atoms with Crippen LogP contribution in [0.25, 0.3) is 0 Å². The molecule has 164 valence electrons. The molecule has 1 aromatic heterocycles. The maximum absolute atomic E-state index is 12.6. The fraction of sp³-hybridized carbons (Fsp3) is 0.706. The Labute approximate surface area is 167 Å². The van der Waals surface area contributed by atoms with Gasteiger partial charge in [-0.05, 0) is 5.92 Å². The Hall–Kier alpha value is -1.95. The third kappa shape index (κ3) is 5.56. The van der Waals surface area contributed by atoms with E-state index in [1.807, 2.05) is 19.0 Å². The highest BCUT2D eigenvalue weighted by Gasteiger charge is 2.47. The molecule has 2 atom stereocenters. The van der Waals surface area contributed by atoms with E-state index in [0.29, 0.717) is 18.4 Å². The monoisotopic (exact) mass is 438 g/mol. The number of hydrogen-bond donors (Lipinski definition) is 1. The second-order valence-electron chi connectivity index (χ2n) is 7.84. The Morgan fingerprint density at radius 3 is 2.41 bits per heavy atom. The average molecular weight is 438 g/mol. The fourth-order valence-corrected chi connectivity index (χ4v) is 5.55. The Morgan fingerprint density at radius 1 is 1.34 bits per heavy atom. The number of alkyl halides is 3. The minimum absolute atomic E-state index is 0.0193. The van der Waals surface area contributed by atoms with Crippen molar-refractivity contribution < 1.29 is 31.5 Å². The standard InChI is InChI=1S/C15H24N4O2S.C2HF3O2/c1-10(2)6-19-7-12-13(8-19)22(20,21)9-11-5-16-15(18(3)4)17-14(11)12;3-2(4,5)1(6)7/h5,10,12-13H,6-9H2,1-4H3;(H,6,7)/t12-,13+;/m0./s1. The highest BCUT2D eigenvalue weighted by atomic mass is 32.2. The molecule has 1 fully saturated rings. The van der Waals surface area contributed by atoms with Crippen LogP contribution in [0.15, 0.2) is 6.20 Å². The molecule has 0 aliphatic carbocycles. The summed E-state index contributed by atoms with van der Waals surface area (Å²) < 4.78 is 56.9. The SMILES string of the molecule is CC(C)CN1C[C@@H]2c3nc(N(C)C)ncc3CS(=O)(=O)[C@@H]2C1.O=C(O)C(F)(F)F. The molecule has 12 heteroatoms. The molecule has 2 aliphatic heterocycles. The first kappa shape index (κ1) is 23.3. The number of carboxylic acid groups (broad SMARTS) is 1. The lowest BCUT2D eigenvalue weighted by Gasteiger charge is -2.27. The number of fused-ring (bicyclic) bond motifs is 3. The van der Waals surface area contributed by atoms with Gasteiger partial charge in [0.05, 0.1) is 16.7 Å². The van der Waals surface area contributed by atoms with Crippen LogP contribution < -0.4 is 4.90 Å². The molecular weight excluding hydrogens is 413 g/mol. The molecule has 3 rings (SSSR count).